The van der Waals surface area contributed by atoms with Crippen molar-refractivity contribution < 1.29 is 4.39 Å². The molecule has 0 unspecified atom stereocenters. The quantitative estimate of drug-likeness (QED) is 0.820. The van der Waals surface area contributed by atoms with Crippen LogP contribution in [0.25, 0.3) is 0 Å². The summed E-state index contributed by atoms with van der Waals surface area (Å²) in [6.07, 6.45) is 1.01. The van der Waals surface area contributed by atoms with Gasteiger partial charge in [0.15, 0.2) is 0 Å². The minimum atomic E-state index is -0.243. The summed E-state index contributed by atoms with van der Waals surface area (Å²) in [7, 11) is 0. The summed E-state index contributed by atoms with van der Waals surface area (Å²) in [5.74, 6) is 0.411. The van der Waals surface area contributed by atoms with Gasteiger partial charge in [0.1, 0.15) is 11.7 Å². The normalized spacial score (nSPS) is 16.0. The van der Waals surface area contributed by atoms with Crippen molar-refractivity contribution in [3.63, 3.8) is 0 Å². The predicted octanol–water partition coefficient (Wildman–Crippen LogP) is 2.33. The van der Waals surface area contributed by atoms with Crippen LogP contribution in [0.1, 0.15) is 12.0 Å². The summed E-state index contributed by atoms with van der Waals surface area (Å²) >= 11 is 3.32. The van der Waals surface area contributed by atoms with Crippen molar-refractivity contribution in [3.8, 4) is 0 Å². The minimum Gasteiger partial charge on any atom is -0.370 e. The zero-order valence-corrected chi connectivity index (χ0v) is 9.14. The molecule has 0 bridgehead atoms. The van der Waals surface area contributed by atoms with Crippen molar-refractivity contribution in [2.75, 3.05) is 13.1 Å². The maximum atomic E-state index is 13.5. The molecule has 0 saturated heterocycles. The molecule has 0 aromatic heterocycles. The van der Waals surface area contributed by atoms with Gasteiger partial charge in [0.05, 0.1) is 5.56 Å². The Morgan fingerprint density at radius 1 is 1.43 bits per heavy atom. The Hall–Kier alpha value is -0.900. The molecule has 0 spiro atoms. The third-order valence-electron chi connectivity index (χ3n) is 2.10. The maximum absolute atomic E-state index is 13.5. The number of nitrogens with one attached hydrogen (secondary N) is 1. The van der Waals surface area contributed by atoms with E-state index in [1.807, 2.05) is 6.07 Å². The van der Waals surface area contributed by atoms with Gasteiger partial charge < -0.3 is 5.32 Å². The molecule has 1 aromatic rings. The lowest BCUT2D eigenvalue weighted by atomic mass is 10.1. The molecule has 0 radical (unpaired) electrons. The molecule has 74 valence electrons. The molecule has 1 aromatic carbocycles. The first-order valence-corrected chi connectivity index (χ1v) is 5.31. The van der Waals surface area contributed by atoms with E-state index in [1.165, 1.54) is 6.07 Å². The van der Waals surface area contributed by atoms with E-state index in [2.05, 4.69) is 26.2 Å². The fraction of sp³-hybridized carbons (Fsp3) is 0.300. The average Bonchev–Trinajstić information content (AvgIpc) is 2.19. The van der Waals surface area contributed by atoms with E-state index >= 15 is 0 Å². The molecule has 2 nitrogen and oxygen atoms in total. The third kappa shape index (κ3) is 1.80. The van der Waals surface area contributed by atoms with Crippen LogP contribution in [0.15, 0.2) is 27.7 Å². The van der Waals surface area contributed by atoms with Crippen molar-refractivity contribution in [1.82, 2.24) is 5.32 Å². The zero-order valence-electron chi connectivity index (χ0n) is 7.56. The second-order valence-corrected chi connectivity index (χ2v) is 3.96. The number of hydrogen-bond acceptors (Lipinski definition) is 2. The number of hydrogen-bond donors (Lipinski definition) is 1. The van der Waals surface area contributed by atoms with E-state index in [-0.39, 0.29) is 5.82 Å². The fourth-order valence-electron chi connectivity index (χ4n) is 1.42. The topological polar surface area (TPSA) is 24.4 Å². The first kappa shape index (κ1) is 9.65. The maximum Gasteiger partial charge on any atom is 0.135 e. The molecule has 1 aliphatic heterocycles. The van der Waals surface area contributed by atoms with Gasteiger partial charge in [-0.2, -0.15) is 0 Å². The molecule has 0 saturated carbocycles. The van der Waals surface area contributed by atoms with E-state index in [1.54, 1.807) is 6.07 Å². The summed E-state index contributed by atoms with van der Waals surface area (Å²) in [5.41, 5.74) is 0.534. The van der Waals surface area contributed by atoms with Gasteiger partial charge in [-0.1, -0.05) is 6.07 Å². The summed E-state index contributed by atoms with van der Waals surface area (Å²) in [6, 6.07) is 4.93. The van der Waals surface area contributed by atoms with Crippen LogP contribution in [0.5, 0.6) is 0 Å². The van der Waals surface area contributed by atoms with Crippen molar-refractivity contribution >= 4 is 21.8 Å². The van der Waals surface area contributed by atoms with Gasteiger partial charge in [-0.05, 0) is 34.5 Å². The van der Waals surface area contributed by atoms with Gasteiger partial charge >= 0.3 is 0 Å². The van der Waals surface area contributed by atoms with E-state index in [0.29, 0.717) is 11.4 Å². The first-order valence-electron chi connectivity index (χ1n) is 4.52. The Balaban J connectivity index is 2.44. The van der Waals surface area contributed by atoms with Crippen molar-refractivity contribution in [3.05, 3.63) is 34.1 Å². The second-order valence-electron chi connectivity index (χ2n) is 3.11. The highest BCUT2D eigenvalue weighted by Gasteiger charge is 2.14. The van der Waals surface area contributed by atoms with Crippen LogP contribution in [0.3, 0.4) is 0 Å². The van der Waals surface area contributed by atoms with Crippen molar-refractivity contribution in [2.45, 2.75) is 6.42 Å². The predicted molar refractivity (Wildman–Crippen MR) is 58.1 cm³/mol. The standard InChI is InChI=1S/C10H10BrFN2/c11-7-3-1-4-8(12)9(7)10-13-5-2-6-14-10/h1,3-4H,2,5-6H2,(H,13,14). The number of aliphatic imine (C=N–C) groups is 1. The van der Waals surface area contributed by atoms with E-state index in [0.717, 1.165) is 24.0 Å². The Kier molecular flexibility index (Phi) is 2.82. The number of rotatable bonds is 1. The molecular weight excluding hydrogens is 247 g/mol. The van der Waals surface area contributed by atoms with E-state index in [4.69, 9.17) is 0 Å². The van der Waals surface area contributed by atoms with Crippen LogP contribution in [0.2, 0.25) is 0 Å². The summed E-state index contributed by atoms with van der Waals surface area (Å²) in [5, 5.41) is 3.10. The minimum absolute atomic E-state index is 0.243. The van der Waals surface area contributed by atoms with Crippen LogP contribution in [0, 0.1) is 5.82 Å². The lowest BCUT2D eigenvalue weighted by Gasteiger charge is -2.16. The smallest absolute Gasteiger partial charge is 0.135 e. The number of benzene rings is 1. The van der Waals surface area contributed by atoms with Crippen molar-refractivity contribution in [2.24, 2.45) is 4.99 Å². The summed E-state index contributed by atoms with van der Waals surface area (Å²) in [4.78, 5) is 4.26. The van der Waals surface area contributed by atoms with Crippen LogP contribution in [-0.2, 0) is 0 Å². The Morgan fingerprint density at radius 3 is 2.93 bits per heavy atom. The fourth-order valence-corrected chi connectivity index (χ4v) is 1.95. The van der Waals surface area contributed by atoms with Gasteiger partial charge in [-0.3, -0.25) is 4.99 Å². The van der Waals surface area contributed by atoms with E-state index in [9.17, 15) is 4.39 Å². The molecule has 0 atom stereocenters. The zero-order chi connectivity index (χ0) is 9.97. The molecule has 0 aliphatic carbocycles. The molecule has 1 N–H and O–H groups in total. The highest BCUT2D eigenvalue weighted by atomic mass is 79.9. The SMILES string of the molecule is Fc1cccc(Br)c1C1=NCCCN1. The summed E-state index contributed by atoms with van der Waals surface area (Å²) in [6.45, 7) is 1.63. The molecule has 1 aliphatic rings. The van der Waals surface area contributed by atoms with Crippen LogP contribution < -0.4 is 5.32 Å². The van der Waals surface area contributed by atoms with Gasteiger partial charge in [0, 0.05) is 17.6 Å². The molecule has 14 heavy (non-hydrogen) atoms. The largest absolute Gasteiger partial charge is 0.370 e. The van der Waals surface area contributed by atoms with Gasteiger partial charge in [-0.25, -0.2) is 4.39 Å². The lowest BCUT2D eigenvalue weighted by Crippen LogP contribution is -2.31. The van der Waals surface area contributed by atoms with Crippen LogP contribution in [0.4, 0.5) is 4.39 Å². The molecule has 4 heteroatoms. The molecule has 0 fully saturated rings. The molecule has 0 amide bonds. The second kappa shape index (κ2) is 4.09. The highest BCUT2D eigenvalue weighted by molar-refractivity contribution is 9.10. The number of halogens is 2. The molecule has 1 heterocycles. The Bertz CT molecular complexity index is 356. The first-order chi connectivity index (χ1) is 6.79. The Morgan fingerprint density at radius 2 is 2.29 bits per heavy atom. The van der Waals surface area contributed by atoms with Crippen LogP contribution >= 0.6 is 15.9 Å². The number of nitrogens with zero attached hydrogens (tertiary/aromatic N) is 1. The van der Waals surface area contributed by atoms with Gasteiger partial charge in [0.2, 0.25) is 0 Å². The van der Waals surface area contributed by atoms with Gasteiger partial charge in [-0.15, -0.1) is 0 Å². The Labute approximate surface area is 90.4 Å². The number of amidine groups is 1. The lowest BCUT2D eigenvalue weighted by molar-refractivity contribution is 0.620. The van der Waals surface area contributed by atoms with E-state index < -0.39 is 0 Å². The molecular formula is C10H10BrFN2. The summed E-state index contributed by atoms with van der Waals surface area (Å²) < 4.78 is 14.2. The van der Waals surface area contributed by atoms with Crippen LogP contribution in [-0.4, -0.2) is 18.9 Å². The third-order valence-corrected chi connectivity index (χ3v) is 2.76. The highest BCUT2D eigenvalue weighted by Crippen LogP contribution is 2.20. The van der Waals surface area contributed by atoms with Gasteiger partial charge in [0.25, 0.3) is 0 Å². The molecule has 2 rings (SSSR count). The van der Waals surface area contributed by atoms with Crippen molar-refractivity contribution in [1.29, 1.82) is 0 Å². The monoisotopic (exact) mass is 256 g/mol. The average molecular weight is 257 g/mol.